The molecule has 29 heavy (non-hydrogen) atoms. The first-order valence-electron chi connectivity index (χ1n) is 9.79. The van der Waals surface area contributed by atoms with Gasteiger partial charge in [-0.1, -0.05) is 6.07 Å². The number of nitrogens with one attached hydrogen (secondary N) is 2. The second kappa shape index (κ2) is 10.1. The Hall–Kier alpha value is -2.86. The van der Waals surface area contributed by atoms with Crippen LogP contribution in [0.1, 0.15) is 41.1 Å². The minimum atomic E-state index is -0.810. The number of benzene rings is 1. The Bertz CT molecular complexity index is 868. The largest absolute Gasteiger partial charge is 0.440 e. The molecule has 1 atom stereocenters. The smallest absolute Gasteiger partial charge is 0.291 e. The van der Waals surface area contributed by atoms with Gasteiger partial charge >= 0.3 is 0 Å². The predicted octanol–water partition coefficient (Wildman–Crippen LogP) is 1.84. The molecule has 1 amide bonds. The Morgan fingerprint density at radius 2 is 2.03 bits per heavy atom. The van der Waals surface area contributed by atoms with Crippen LogP contribution in [0, 0.1) is 11.3 Å². The lowest BCUT2D eigenvalue weighted by molar-refractivity contribution is 0.0942. The Morgan fingerprint density at radius 1 is 1.24 bits per heavy atom. The molecule has 0 bridgehead atoms. The van der Waals surface area contributed by atoms with Crippen molar-refractivity contribution in [1.82, 2.24) is 5.32 Å². The average Bonchev–Trinajstić information content (AvgIpc) is 3.24. The molecule has 1 saturated heterocycles. The van der Waals surface area contributed by atoms with Crippen LogP contribution in [0.5, 0.6) is 0 Å². The van der Waals surface area contributed by atoms with Gasteiger partial charge in [-0.25, -0.2) is 0 Å². The number of aliphatic hydroxyl groups is 2. The van der Waals surface area contributed by atoms with Crippen LogP contribution in [-0.4, -0.2) is 48.5 Å². The third-order valence-electron chi connectivity index (χ3n) is 4.87. The van der Waals surface area contributed by atoms with E-state index in [1.165, 1.54) is 18.6 Å². The molecule has 2 aromatic rings. The van der Waals surface area contributed by atoms with Gasteiger partial charge in [-0.3, -0.25) is 4.79 Å². The van der Waals surface area contributed by atoms with Crippen LogP contribution in [-0.2, 0) is 6.54 Å². The van der Waals surface area contributed by atoms with Crippen molar-refractivity contribution in [3.8, 4) is 6.07 Å². The molecule has 2 heterocycles. The third kappa shape index (κ3) is 5.57. The first kappa shape index (κ1) is 20.9. The number of carbonyl (C=O) groups excluding carboxylic acids is 1. The van der Waals surface area contributed by atoms with Crippen molar-refractivity contribution in [3.05, 3.63) is 47.4 Å². The number of piperidine rings is 1. The van der Waals surface area contributed by atoms with Crippen molar-refractivity contribution < 1.29 is 19.4 Å². The van der Waals surface area contributed by atoms with Crippen molar-refractivity contribution in [1.29, 1.82) is 5.26 Å². The highest BCUT2D eigenvalue weighted by atomic mass is 16.3. The second-order valence-corrected chi connectivity index (χ2v) is 7.10. The van der Waals surface area contributed by atoms with Gasteiger partial charge in [0.2, 0.25) is 5.76 Å². The Labute approximate surface area is 169 Å². The number of nitrogens with zero attached hydrogens (tertiary/aromatic N) is 2. The molecule has 3 rings (SSSR count). The van der Waals surface area contributed by atoms with Crippen LogP contribution in [0.3, 0.4) is 0 Å². The summed E-state index contributed by atoms with van der Waals surface area (Å²) in [6.45, 7) is 2.33. The van der Waals surface area contributed by atoms with E-state index in [1.54, 1.807) is 0 Å². The first-order valence-corrected chi connectivity index (χ1v) is 9.79. The maximum absolute atomic E-state index is 12.6. The fraction of sp³-hybridized carbons (Fsp3) is 0.429. The number of rotatable bonds is 8. The van der Waals surface area contributed by atoms with E-state index in [2.05, 4.69) is 15.5 Å². The molecule has 1 aliphatic rings. The molecule has 1 aromatic carbocycles. The van der Waals surface area contributed by atoms with E-state index in [4.69, 9.17) is 14.8 Å². The van der Waals surface area contributed by atoms with Crippen molar-refractivity contribution in [2.45, 2.75) is 31.9 Å². The van der Waals surface area contributed by atoms with Crippen LogP contribution in [0.15, 0.2) is 34.7 Å². The molecular weight excluding hydrogens is 372 g/mol. The summed E-state index contributed by atoms with van der Waals surface area (Å²) in [5, 5.41) is 33.3. The molecule has 0 radical (unpaired) electrons. The summed E-state index contributed by atoms with van der Waals surface area (Å²) in [5.41, 5.74) is 2.56. The average molecular weight is 398 g/mol. The van der Waals surface area contributed by atoms with Gasteiger partial charge in [-0.2, -0.15) is 5.26 Å². The number of furan rings is 1. The summed E-state index contributed by atoms with van der Waals surface area (Å²) >= 11 is 0. The molecule has 0 saturated carbocycles. The van der Waals surface area contributed by atoms with Crippen molar-refractivity contribution in [2.24, 2.45) is 0 Å². The molecule has 154 valence electrons. The normalized spacial score (nSPS) is 15.0. The molecule has 0 spiro atoms. The van der Waals surface area contributed by atoms with Crippen LogP contribution in [0.25, 0.3) is 0 Å². The quantitative estimate of drug-likeness (QED) is 0.535. The zero-order chi connectivity index (χ0) is 20.6. The van der Waals surface area contributed by atoms with Crippen LogP contribution < -0.4 is 15.5 Å². The van der Waals surface area contributed by atoms with E-state index in [0.29, 0.717) is 12.2 Å². The van der Waals surface area contributed by atoms with Crippen LogP contribution in [0.2, 0.25) is 0 Å². The van der Waals surface area contributed by atoms with Gasteiger partial charge in [0.25, 0.3) is 5.91 Å². The summed E-state index contributed by atoms with van der Waals surface area (Å²) in [7, 11) is 0. The zero-order valence-corrected chi connectivity index (χ0v) is 16.2. The highest BCUT2D eigenvalue weighted by molar-refractivity contribution is 6.04. The highest BCUT2D eigenvalue weighted by Crippen LogP contribution is 2.30. The molecule has 1 unspecified atom stereocenters. The standard InChI is InChI=1S/C21H26N4O4/c22-11-17-5-7-20(29-17)21(28)24-18-10-15(12-23-13-16(27)14-26)4-6-19(18)25-8-2-1-3-9-25/h4-7,10,16,23,26-27H,1-3,8-9,12-14H2,(H,24,28). The first-order chi connectivity index (χ1) is 14.1. The van der Waals surface area contributed by atoms with Crippen LogP contribution in [0.4, 0.5) is 11.4 Å². The Balaban J connectivity index is 1.78. The maximum atomic E-state index is 12.6. The Morgan fingerprint density at radius 3 is 2.72 bits per heavy atom. The second-order valence-electron chi connectivity index (χ2n) is 7.10. The third-order valence-corrected chi connectivity index (χ3v) is 4.87. The van der Waals surface area contributed by atoms with E-state index in [0.717, 1.165) is 37.2 Å². The Kier molecular flexibility index (Phi) is 7.25. The fourth-order valence-electron chi connectivity index (χ4n) is 3.36. The highest BCUT2D eigenvalue weighted by Gasteiger charge is 2.18. The van der Waals surface area contributed by atoms with Gasteiger partial charge in [0, 0.05) is 26.2 Å². The summed E-state index contributed by atoms with van der Waals surface area (Å²) in [6, 6.07) is 10.7. The minimum absolute atomic E-state index is 0.0840. The maximum Gasteiger partial charge on any atom is 0.291 e. The molecule has 1 aromatic heterocycles. The van der Waals surface area contributed by atoms with Gasteiger partial charge < -0.3 is 30.2 Å². The summed E-state index contributed by atoms with van der Waals surface area (Å²) in [5.74, 6) is -0.238. The van der Waals surface area contributed by atoms with Crippen molar-refractivity contribution in [2.75, 3.05) is 36.5 Å². The molecule has 1 aliphatic heterocycles. The lowest BCUT2D eigenvalue weighted by Gasteiger charge is -2.31. The molecule has 8 nitrogen and oxygen atoms in total. The van der Waals surface area contributed by atoms with E-state index in [9.17, 15) is 9.90 Å². The number of nitriles is 1. The number of hydrogen-bond donors (Lipinski definition) is 4. The van der Waals surface area contributed by atoms with Crippen molar-refractivity contribution in [3.63, 3.8) is 0 Å². The number of aliphatic hydroxyl groups excluding tert-OH is 2. The molecule has 1 fully saturated rings. The topological polar surface area (TPSA) is 122 Å². The van der Waals surface area contributed by atoms with E-state index in [1.807, 2.05) is 24.3 Å². The molecule has 0 aliphatic carbocycles. The minimum Gasteiger partial charge on any atom is -0.440 e. The number of carbonyl (C=O) groups is 1. The SMILES string of the molecule is N#Cc1ccc(C(=O)Nc2cc(CNCC(O)CO)ccc2N2CCCCC2)o1. The van der Waals surface area contributed by atoms with Crippen molar-refractivity contribution >= 4 is 17.3 Å². The van der Waals surface area contributed by atoms with Gasteiger partial charge in [0.05, 0.1) is 24.1 Å². The van der Waals surface area contributed by atoms with Gasteiger partial charge in [-0.15, -0.1) is 0 Å². The number of hydrogen-bond acceptors (Lipinski definition) is 7. The lowest BCUT2D eigenvalue weighted by Crippen LogP contribution is -2.31. The lowest BCUT2D eigenvalue weighted by atomic mass is 10.1. The summed E-state index contributed by atoms with van der Waals surface area (Å²) < 4.78 is 5.24. The fourth-order valence-corrected chi connectivity index (χ4v) is 3.36. The van der Waals surface area contributed by atoms with E-state index in [-0.39, 0.29) is 24.7 Å². The molecule has 4 N–H and O–H groups in total. The van der Waals surface area contributed by atoms with Gasteiger partial charge in [0.1, 0.15) is 6.07 Å². The number of amides is 1. The molecule has 8 heteroatoms. The van der Waals surface area contributed by atoms with Gasteiger partial charge in [-0.05, 0) is 49.1 Å². The van der Waals surface area contributed by atoms with Gasteiger partial charge in [0.15, 0.2) is 5.76 Å². The monoisotopic (exact) mass is 398 g/mol. The molecular formula is C21H26N4O4. The van der Waals surface area contributed by atoms with Crippen LogP contribution >= 0.6 is 0 Å². The van der Waals surface area contributed by atoms with E-state index >= 15 is 0 Å². The summed E-state index contributed by atoms with van der Waals surface area (Å²) in [4.78, 5) is 14.9. The van der Waals surface area contributed by atoms with E-state index < -0.39 is 12.0 Å². The summed E-state index contributed by atoms with van der Waals surface area (Å²) in [6.07, 6.45) is 2.62. The predicted molar refractivity (Wildman–Crippen MR) is 109 cm³/mol. The number of anilines is 2. The zero-order valence-electron chi connectivity index (χ0n) is 16.2.